The molecule has 3 rings (SSSR count). The van der Waals surface area contributed by atoms with Crippen LogP contribution in [0.2, 0.25) is 0 Å². The lowest BCUT2D eigenvalue weighted by atomic mass is 10.1. The van der Waals surface area contributed by atoms with Crippen molar-refractivity contribution in [1.29, 1.82) is 0 Å². The highest BCUT2D eigenvalue weighted by atomic mass is 19.4. The number of nitrogens with zero attached hydrogens (tertiary/aromatic N) is 4. The van der Waals surface area contributed by atoms with E-state index in [1.807, 2.05) is 0 Å². The largest absolute Gasteiger partial charge is 0.460 e. The molecule has 0 spiro atoms. The van der Waals surface area contributed by atoms with Crippen molar-refractivity contribution in [3.8, 4) is 17.0 Å². The quantitative estimate of drug-likeness (QED) is 0.668. The molecule has 0 atom stereocenters. The Morgan fingerprint density at radius 2 is 1.84 bits per heavy atom. The molecule has 25 heavy (non-hydrogen) atoms. The number of ether oxygens (including phenoxy) is 1. The summed E-state index contributed by atoms with van der Waals surface area (Å²) in [7, 11) is 0. The fourth-order valence-corrected chi connectivity index (χ4v) is 2.14. The van der Waals surface area contributed by atoms with Crippen molar-refractivity contribution in [1.82, 2.24) is 19.8 Å². The zero-order chi connectivity index (χ0) is 18.4. The van der Waals surface area contributed by atoms with Gasteiger partial charge in [0.15, 0.2) is 11.4 Å². The average Bonchev–Trinajstić information content (AvgIpc) is 2.89. The van der Waals surface area contributed by atoms with Gasteiger partial charge < -0.3 is 4.74 Å². The van der Waals surface area contributed by atoms with Gasteiger partial charge in [-0.25, -0.2) is 13.9 Å². The van der Waals surface area contributed by atoms with Gasteiger partial charge in [0.05, 0.1) is 11.2 Å². The molecule has 0 saturated heterocycles. The topological polar surface area (TPSA) is 52.3 Å². The smallest absolute Gasteiger partial charge is 0.427 e. The molecule has 0 unspecified atom stereocenters. The van der Waals surface area contributed by atoms with Crippen molar-refractivity contribution < 1.29 is 22.3 Å². The first-order chi connectivity index (χ1) is 11.6. The second-order valence-corrected chi connectivity index (χ2v) is 6.04. The first kappa shape index (κ1) is 17.1. The molecular weight excluding hydrogens is 340 g/mol. The van der Waals surface area contributed by atoms with E-state index in [0.717, 1.165) is 25.4 Å². The molecular formula is C16H14F4N4O. The summed E-state index contributed by atoms with van der Waals surface area (Å²) in [5, 5.41) is 7.82. The van der Waals surface area contributed by atoms with Crippen molar-refractivity contribution in [2.75, 3.05) is 0 Å². The summed E-state index contributed by atoms with van der Waals surface area (Å²) in [6.07, 6.45) is -1.74. The Morgan fingerprint density at radius 3 is 2.48 bits per heavy atom. The summed E-state index contributed by atoms with van der Waals surface area (Å²) in [6, 6.07) is 4.50. The molecule has 0 fully saturated rings. The molecule has 0 aliphatic heterocycles. The van der Waals surface area contributed by atoms with Crippen molar-refractivity contribution in [2.45, 2.75) is 32.5 Å². The maximum atomic E-state index is 14.2. The minimum Gasteiger partial charge on any atom is -0.460 e. The molecule has 0 bridgehead atoms. The number of hydrogen-bond acceptors (Lipinski definition) is 4. The third-order valence-corrected chi connectivity index (χ3v) is 3.77. The van der Waals surface area contributed by atoms with E-state index in [1.54, 1.807) is 29.8 Å². The van der Waals surface area contributed by atoms with Crippen LogP contribution in [0.1, 0.15) is 19.5 Å². The molecule has 0 saturated carbocycles. The van der Waals surface area contributed by atoms with Crippen LogP contribution in [0, 0.1) is 12.7 Å². The lowest BCUT2D eigenvalue weighted by Gasteiger charge is -2.28. The maximum absolute atomic E-state index is 14.2. The van der Waals surface area contributed by atoms with Gasteiger partial charge in [0, 0.05) is 18.0 Å². The zero-order valence-corrected chi connectivity index (χ0v) is 13.6. The number of aryl methyl sites for hydroxylation is 1. The number of aromatic nitrogens is 4. The number of fused-ring (bicyclic) bond motifs is 1. The third kappa shape index (κ3) is 3.13. The first-order valence-corrected chi connectivity index (χ1v) is 7.32. The van der Waals surface area contributed by atoms with Gasteiger partial charge in [0.25, 0.3) is 5.88 Å². The summed E-state index contributed by atoms with van der Waals surface area (Å²) in [5.74, 6) is -1.67. The maximum Gasteiger partial charge on any atom is 0.427 e. The molecule has 9 heteroatoms. The third-order valence-electron chi connectivity index (χ3n) is 3.77. The lowest BCUT2D eigenvalue weighted by Crippen LogP contribution is -2.45. The fourth-order valence-electron chi connectivity index (χ4n) is 2.14. The van der Waals surface area contributed by atoms with Crippen LogP contribution in [-0.2, 0) is 0 Å². The summed E-state index contributed by atoms with van der Waals surface area (Å²) in [6.45, 7) is 3.40. The molecule has 0 aliphatic rings. The van der Waals surface area contributed by atoms with E-state index in [2.05, 4.69) is 15.3 Å². The molecule has 0 aliphatic carbocycles. The minimum atomic E-state index is -4.66. The Kier molecular flexibility index (Phi) is 3.89. The number of halogens is 4. The summed E-state index contributed by atoms with van der Waals surface area (Å²) >= 11 is 0. The minimum absolute atomic E-state index is 0.401. The normalized spacial score (nSPS) is 12.6. The number of hydrogen-bond donors (Lipinski definition) is 0. The van der Waals surface area contributed by atoms with Gasteiger partial charge in [0.2, 0.25) is 0 Å². The summed E-state index contributed by atoms with van der Waals surface area (Å²) < 4.78 is 59.1. The van der Waals surface area contributed by atoms with E-state index in [1.165, 1.54) is 6.20 Å². The molecule has 0 radical (unpaired) electrons. The fraction of sp³-hybridized carbons (Fsp3) is 0.312. The van der Waals surface area contributed by atoms with Crippen molar-refractivity contribution >= 4 is 5.52 Å². The lowest BCUT2D eigenvalue weighted by molar-refractivity contribution is -0.235. The Hall–Kier alpha value is -2.71. The van der Waals surface area contributed by atoms with Crippen LogP contribution in [0.3, 0.4) is 0 Å². The second kappa shape index (κ2) is 5.68. The van der Waals surface area contributed by atoms with Gasteiger partial charge in [-0.2, -0.15) is 13.2 Å². The van der Waals surface area contributed by atoms with Crippen molar-refractivity contribution in [3.05, 3.63) is 42.1 Å². The van der Waals surface area contributed by atoms with E-state index in [0.29, 0.717) is 16.8 Å². The van der Waals surface area contributed by atoms with E-state index < -0.39 is 23.5 Å². The molecule has 0 N–H and O–H groups in total. The van der Waals surface area contributed by atoms with Crippen molar-refractivity contribution in [3.63, 3.8) is 0 Å². The van der Waals surface area contributed by atoms with Crippen molar-refractivity contribution in [2.24, 2.45) is 0 Å². The Balaban J connectivity index is 1.94. The van der Waals surface area contributed by atoms with Gasteiger partial charge in [-0.1, -0.05) is 5.21 Å². The highest BCUT2D eigenvalue weighted by Crippen LogP contribution is 2.35. The standard InChI is InChI=1S/C16H14F4N4O/c1-9-13-7-10(4-5-24(13)23-22-9)11-6-12(17)14(21-8-11)25-15(2,3)16(18,19)20/h4-8H,1-3H3. The van der Waals surface area contributed by atoms with Crippen LogP contribution >= 0.6 is 0 Å². The molecule has 3 aromatic rings. The molecule has 0 aromatic carbocycles. The highest BCUT2D eigenvalue weighted by molar-refractivity contribution is 5.69. The van der Waals surface area contributed by atoms with Gasteiger partial charge in [-0.3, -0.25) is 0 Å². The average molecular weight is 354 g/mol. The summed E-state index contributed by atoms with van der Waals surface area (Å²) in [5.41, 5.74) is -0.0935. The van der Waals surface area contributed by atoms with Crippen LogP contribution in [0.5, 0.6) is 5.88 Å². The number of rotatable bonds is 3. The zero-order valence-electron chi connectivity index (χ0n) is 13.6. The highest BCUT2D eigenvalue weighted by Gasteiger charge is 2.50. The van der Waals surface area contributed by atoms with Gasteiger partial charge in [-0.05, 0) is 44.5 Å². The monoisotopic (exact) mass is 354 g/mol. The molecule has 0 amide bonds. The van der Waals surface area contributed by atoms with E-state index in [4.69, 9.17) is 4.74 Å². The van der Waals surface area contributed by atoms with Crippen LogP contribution in [-0.4, -0.2) is 31.6 Å². The molecule has 3 heterocycles. The van der Waals surface area contributed by atoms with E-state index >= 15 is 0 Å². The van der Waals surface area contributed by atoms with Crippen LogP contribution in [0.15, 0.2) is 30.6 Å². The predicted molar refractivity (Wildman–Crippen MR) is 81.7 cm³/mol. The Bertz CT molecular complexity index is 934. The number of pyridine rings is 2. The molecule has 3 aromatic heterocycles. The summed E-state index contributed by atoms with van der Waals surface area (Å²) in [4.78, 5) is 3.71. The number of alkyl halides is 3. The molecule has 132 valence electrons. The van der Waals surface area contributed by atoms with Gasteiger partial charge >= 0.3 is 6.18 Å². The van der Waals surface area contributed by atoms with Gasteiger partial charge in [0.1, 0.15) is 0 Å². The van der Waals surface area contributed by atoms with Gasteiger partial charge in [-0.15, -0.1) is 5.10 Å². The Labute approximate surface area is 140 Å². The first-order valence-electron chi connectivity index (χ1n) is 7.32. The van der Waals surface area contributed by atoms with E-state index in [9.17, 15) is 17.6 Å². The van der Waals surface area contributed by atoms with Crippen LogP contribution in [0.25, 0.3) is 16.6 Å². The van der Waals surface area contributed by atoms with Crippen LogP contribution < -0.4 is 4.74 Å². The Morgan fingerprint density at radius 1 is 1.12 bits per heavy atom. The molecule has 5 nitrogen and oxygen atoms in total. The second-order valence-electron chi connectivity index (χ2n) is 6.04. The van der Waals surface area contributed by atoms with E-state index in [-0.39, 0.29) is 0 Å². The van der Waals surface area contributed by atoms with Crippen LogP contribution in [0.4, 0.5) is 17.6 Å². The SMILES string of the molecule is Cc1nnn2ccc(-c3cnc(OC(C)(C)C(F)(F)F)c(F)c3)cc12. The predicted octanol–water partition coefficient (Wildman–Crippen LogP) is 3.96.